The highest BCUT2D eigenvalue weighted by atomic mass is 16.4. The van der Waals surface area contributed by atoms with Crippen molar-refractivity contribution in [2.24, 2.45) is 5.92 Å². The van der Waals surface area contributed by atoms with Gasteiger partial charge in [-0.25, -0.2) is 4.79 Å². The average molecular weight is 292 g/mol. The van der Waals surface area contributed by atoms with Crippen LogP contribution in [0.25, 0.3) is 0 Å². The smallest absolute Gasteiger partial charge is 0.335 e. The van der Waals surface area contributed by atoms with Crippen molar-refractivity contribution in [1.82, 2.24) is 0 Å². The summed E-state index contributed by atoms with van der Waals surface area (Å²) < 4.78 is 0. The lowest BCUT2D eigenvalue weighted by Crippen LogP contribution is -2.15. The van der Waals surface area contributed by atoms with Gasteiger partial charge in [0.15, 0.2) is 0 Å². The van der Waals surface area contributed by atoms with E-state index in [1.165, 1.54) is 25.7 Å². The van der Waals surface area contributed by atoms with Crippen LogP contribution >= 0.6 is 0 Å². The van der Waals surface area contributed by atoms with Crippen molar-refractivity contribution < 1.29 is 15.0 Å². The summed E-state index contributed by atoms with van der Waals surface area (Å²) in [6, 6.07) is 7.50. The Morgan fingerprint density at radius 2 is 1.71 bits per heavy atom. The van der Waals surface area contributed by atoms with Crippen LogP contribution in [0.1, 0.15) is 74.2 Å². The van der Waals surface area contributed by atoms with Crippen LogP contribution < -0.4 is 0 Å². The average Bonchev–Trinajstić information content (AvgIpc) is 2.49. The molecule has 0 atom stereocenters. The number of aromatic carboxylic acids is 1. The van der Waals surface area contributed by atoms with Gasteiger partial charge in [-0.3, -0.25) is 0 Å². The SMILES string of the molecule is CCCC1CCC(c2ccccc2C(=O)O)CC1.CCO. The van der Waals surface area contributed by atoms with Crippen LogP contribution in [0.15, 0.2) is 24.3 Å². The van der Waals surface area contributed by atoms with Crippen molar-refractivity contribution in [3.05, 3.63) is 35.4 Å². The Balaban J connectivity index is 0.000000677. The van der Waals surface area contributed by atoms with E-state index < -0.39 is 5.97 Å². The predicted octanol–water partition coefficient (Wildman–Crippen LogP) is 4.46. The van der Waals surface area contributed by atoms with E-state index in [4.69, 9.17) is 5.11 Å². The van der Waals surface area contributed by atoms with Crippen LogP contribution in [0.5, 0.6) is 0 Å². The zero-order valence-electron chi connectivity index (χ0n) is 13.2. The molecule has 118 valence electrons. The maximum absolute atomic E-state index is 11.2. The number of rotatable bonds is 4. The lowest BCUT2D eigenvalue weighted by molar-refractivity contribution is 0.0694. The van der Waals surface area contributed by atoms with Gasteiger partial charge in [-0.05, 0) is 56.1 Å². The van der Waals surface area contributed by atoms with Gasteiger partial charge in [-0.15, -0.1) is 0 Å². The predicted molar refractivity (Wildman–Crippen MR) is 85.8 cm³/mol. The standard InChI is InChI=1S/C16H22O2.C2H6O/c1-2-5-12-8-10-13(11-9-12)14-6-3-4-7-15(14)16(17)18;1-2-3/h3-4,6-7,12-13H,2,5,8-11H2,1H3,(H,17,18);3H,2H2,1H3. The molecule has 0 bridgehead atoms. The summed E-state index contributed by atoms with van der Waals surface area (Å²) in [5, 5.41) is 16.8. The van der Waals surface area contributed by atoms with E-state index in [1.807, 2.05) is 18.2 Å². The molecule has 0 spiro atoms. The number of hydrogen-bond acceptors (Lipinski definition) is 2. The summed E-state index contributed by atoms with van der Waals surface area (Å²) in [6.45, 7) is 4.17. The highest BCUT2D eigenvalue weighted by Crippen LogP contribution is 2.38. The molecule has 1 aliphatic rings. The van der Waals surface area contributed by atoms with E-state index in [1.54, 1.807) is 13.0 Å². The zero-order valence-corrected chi connectivity index (χ0v) is 13.2. The van der Waals surface area contributed by atoms with Gasteiger partial charge in [0.1, 0.15) is 0 Å². The number of carbonyl (C=O) groups is 1. The van der Waals surface area contributed by atoms with Gasteiger partial charge in [0, 0.05) is 6.61 Å². The second kappa shape index (κ2) is 9.56. The summed E-state index contributed by atoms with van der Waals surface area (Å²) >= 11 is 0. The maximum atomic E-state index is 11.2. The topological polar surface area (TPSA) is 57.5 Å². The van der Waals surface area contributed by atoms with Crippen LogP contribution in [0, 0.1) is 5.92 Å². The fourth-order valence-electron chi connectivity index (χ4n) is 3.22. The highest BCUT2D eigenvalue weighted by Gasteiger charge is 2.24. The molecule has 2 rings (SSSR count). The first-order chi connectivity index (χ1) is 10.1. The van der Waals surface area contributed by atoms with Gasteiger partial charge in [0.25, 0.3) is 0 Å². The van der Waals surface area contributed by atoms with Gasteiger partial charge in [-0.1, -0.05) is 38.0 Å². The van der Waals surface area contributed by atoms with Gasteiger partial charge in [0.2, 0.25) is 0 Å². The third-order valence-electron chi connectivity index (χ3n) is 4.17. The number of aliphatic hydroxyl groups excluding tert-OH is 1. The van der Waals surface area contributed by atoms with Crippen LogP contribution in [0.3, 0.4) is 0 Å². The second-order valence-electron chi connectivity index (χ2n) is 5.71. The van der Waals surface area contributed by atoms with Crippen molar-refractivity contribution in [3.8, 4) is 0 Å². The molecule has 2 N–H and O–H groups in total. The van der Waals surface area contributed by atoms with Crippen molar-refractivity contribution >= 4 is 5.97 Å². The molecule has 1 aromatic carbocycles. The third kappa shape index (κ3) is 5.50. The van der Waals surface area contributed by atoms with E-state index in [9.17, 15) is 9.90 Å². The van der Waals surface area contributed by atoms with Crippen LogP contribution in [0.2, 0.25) is 0 Å². The van der Waals surface area contributed by atoms with Gasteiger partial charge in [0.05, 0.1) is 5.56 Å². The Bertz CT molecular complexity index is 420. The summed E-state index contributed by atoms with van der Waals surface area (Å²) in [7, 11) is 0. The normalized spacial score (nSPS) is 21.3. The van der Waals surface area contributed by atoms with E-state index in [0.717, 1.165) is 24.3 Å². The Morgan fingerprint density at radius 1 is 1.14 bits per heavy atom. The number of hydrogen-bond donors (Lipinski definition) is 2. The maximum Gasteiger partial charge on any atom is 0.335 e. The minimum Gasteiger partial charge on any atom is -0.478 e. The summed E-state index contributed by atoms with van der Waals surface area (Å²) in [4.78, 5) is 11.2. The molecule has 3 nitrogen and oxygen atoms in total. The van der Waals surface area contributed by atoms with E-state index in [0.29, 0.717) is 11.5 Å². The lowest BCUT2D eigenvalue weighted by atomic mass is 9.76. The van der Waals surface area contributed by atoms with E-state index >= 15 is 0 Å². The molecule has 1 aromatic rings. The Labute approximate surface area is 128 Å². The monoisotopic (exact) mass is 292 g/mol. The van der Waals surface area contributed by atoms with Crippen molar-refractivity contribution in [2.45, 2.75) is 58.3 Å². The summed E-state index contributed by atoms with van der Waals surface area (Å²) in [6.07, 6.45) is 7.40. The first-order valence-electron chi connectivity index (χ1n) is 8.07. The first kappa shape index (κ1) is 17.7. The molecule has 21 heavy (non-hydrogen) atoms. The minimum atomic E-state index is -0.790. The quantitative estimate of drug-likeness (QED) is 0.861. The zero-order chi connectivity index (χ0) is 15.7. The molecule has 0 saturated heterocycles. The fraction of sp³-hybridized carbons (Fsp3) is 0.611. The van der Waals surface area contributed by atoms with Crippen molar-refractivity contribution in [2.75, 3.05) is 6.61 Å². The molecular weight excluding hydrogens is 264 g/mol. The summed E-state index contributed by atoms with van der Waals surface area (Å²) in [5.74, 6) is 0.523. The van der Waals surface area contributed by atoms with Gasteiger partial charge >= 0.3 is 5.97 Å². The molecule has 1 saturated carbocycles. The molecule has 0 unspecified atom stereocenters. The number of carboxylic acid groups (broad SMARTS) is 1. The van der Waals surface area contributed by atoms with Crippen LogP contribution in [-0.2, 0) is 0 Å². The largest absolute Gasteiger partial charge is 0.478 e. The first-order valence-corrected chi connectivity index (χ1v) is 8.07. The fourth-order valence-corrected chi connectivity index (χ4v) is 3.22. The Kier molecular flexibility index (Phi) is 8.06. The molecule has 0 heterocycles. The van der Waals surface area contributed by atoms with Gasteiger partial charge < -0.3 is 10.2 Å². The Hall–Kier alpha value is -1.35. The molecule has 3 heteroatoms. The highest BCUT2D eigenvalue weighted by molar-refractivity contribution is 5.89. The second-order valence-corrected chi connectivity index (χ2v) is 5.71. The van der Waals surface area contributed by atoms with Crippen molar-refractivity contribution in [3.63, 3.8) is 0 Å². The molecule has 0 amide bonds. The lowest BCUT2D eigenvalue weighted by Gasteiger charge is -2.29. The van der Waals surface area contributed by atoms with Crippen LogP contribution in [0.4, 0.5) is 0 Å². The van der Waals surface area contributed by atoms with Crippen LogP contribution in [-0.4, -0.2) is 22.8 Å². The minimum absolute atomic E-state index is 0.250. The third-order valence-corrected chi connectivity index (χ3v) is 4.17. The van der Waals surface area contributed by atoms with Gasteiger partial charge in [-0.2, -0.15) is 0 Å². The number of aliphatic hydroxyl groups is 1. The number of carboxylic acids is 1. The molecule has 1 aliphatic carbocycles. The molecule has 0 radical (unpaired) electrons. The number of benzene rings is 1. The molecule has 1 fully saturated rings. The molecular formula is C18H28O3. The van der Waals surface area contributed by atoms with E-state index in [2.05, 4.69) is 6.92 Å². The molecule has 0 aliphatic heterocycles. The Morgan fingerprint density at radius 3 is 2.24 bits per heavy atom. The molecule has 0 aromatic heterocycles. The van der Waals surface area contributed by atoms with Crippen molar-refractivity contribution in [1.29, 1.82) is 0 Å². The summed E-state index contributed by atoms with van der Waals surface area (Å²) in [5.41, 5.74) is 1.54. The van der Waals surface area contributed by atoms with E-state index in [-0.39, 0.29) is 6.61 Å².